The summed E-state index contributed by atoms with van der Waals surface area (Å²) in [5.74, 6) is -0.532. The molecule has 0 aliphatic heterocycles. The molecule has 4 rings (SSSR count). The molecule has 0 fully saturated rings. The highest BCUT2D eigenvalue weighted by molar-refractivity contribution is 9.10. The Bertz CT molecular complexity index is 1320. The number of phenols is 1. The number of phenolic OH excluding ortho intramolecular Hbond substituents is 1. The van der Waals surface area contributed by atoms with Gasteiger partial charge in [-0.15, -0.1) is 4.68 Å². The number of H-pyrrole nitrogens is 2. The third-order valence-corrected chi connectivity index (χ3v) is 4.39. The van der Waals surface area contributed by atoms with E-state index in [1.807, 2.05) is 0 Å². The number of benzene rings is 2. The van der Waals surface area contributed by atoms with Gasteiger partial charge >= 0.3 is 11.2 Å². The Morgan fingerprint density at radius 2 is 1.92 bits per heavy atom. The van der Waals surface area contributed by atoms with Crippen LogP contribution in [0.2, 0.25) is 0 Å². The smallest absolute Gasteiger partial charge is 0.350 e. The second-order valence-electron chi connectivity index (χ2n) is 5.56. The van der Waals surface area contributed by atoms with E-state index in [4.69, 9.17) is 0 Å². The highest BCUT2D eigenvalue weighted by Gasteiger charge is 2.13. The normalized spacial score (nSPS) is 11.8. The maximum absolute atomic E-state index is 13.5. The topological polar surface area (TPSA) is 103 Å². The fraction of sp³-hybridized carbons (Fsp3) is 0. The summed E-state index contributed by atoms with van der Waals surface area (Å²) in [4.78, 5) is 30.3. The first kappa shape index (κ1) is 16.3. The Hall–Kier alpha value is -3.20. The molecule has 2 aromatic carbocycles. The zero-order valence-electron chi connectivity index (χ0n) is 13.0. The molecule has 9 heteroatoms. The van der Waals surface area contributed by atoms with Crippen LogP contribution in [0, 0.1) is 5.82 Å². The molecule has 2 heterocycles. The molecule has 0 bridgehead atoms. The lowest BCUT2D eigenvalue weighted by molar-refractivity contribution is 0.474. The minimum atomic E-state index is -0.779. The van der Waals surface area contributed by atoms with Crippen LogP contribution >= 0.6 is 15.9 Å². The Morgan fingerprint density at radius 1 is 1.12 bits per heavy atom. The molecule has 0 unspecified atom stereocenters. The molecule has 2 aromatic heterocycles. The van der Waals surface area contributed by atoms with E-state index in [9.17, 15) is 19.1 Å². The minimum absolute atomic E-state index is 0.0522. The molecule has 7 nitrogen and oxygen atoms in total. The van der Waals surface area contributed by atoms with Gasteiger partial charge in [0.2, 0.25) is 0 Å². The average Bonchev–Trinajstić information content (AvgIpc) is 2.96. The van der Waals surface area contributed by atoms with E-state index in [0.29, 0.717) is 25.6 Å². The number of hydrogen-bond donors (Lipinski definition) is 3. The van der Waals surface area contributed by atoms with Crippen LogP contribution in [0.4, 0.5) is 4.39 Å². The summed E-state index contributed by atoms with van der Waals surface area (Å²) >= 11 is 3.26. The number of aromatic nitrogens is 3. The summed E-state index contributed by atoms with van der Waals surface area (Å²) in [6, 6.07) is 8.65. The number of aromatic hydroxyl groups is 1. The maximum atomic E-state index is 13.5. The van der Waals surface area contributed by atoms with Crippen molar-refractivity contribution in [3.63, 3.8) is 0 Å². The second kappa shape index (κ2) is 5.95. The van der Waals surface area contributed by atoms with Crippen LogP contribution in [0.3, 0.4) is 0 Å². The van der Waals surface area contributed by atoms with Crippen molar-refractivity contribution in [1.82, 2.24) is 14.6 Å². The van der Waals surface area contributed by atoms with E-state index in [1.165, 1.54) is 30.5 Å². The van der Waals surface area contributed by atoms with Gasteiger partial charge in [-0.2, -0.15) is 5.10 Å². The van der Waals surface area contributed by atoms with E-state index >= 15 is 0 Å². The van der Waals surface area contributed by atoms with Crippen molar-refractivity contribution in [3.05, 3.63) is 73.1 Å². The summed E-state index contributed by atoms with van der Waals surface area (Å²) in [6.45, 7) is 0. The Morgan fingerprint density at radius 3 is 2.73 bits per heavy atom. The molecular weight excluding hydrogens is 407 g/mol. The van der Waals surface area contributed by atoms with Gasteiger partial charge in [0.15, 0.2) is 0 Å². The van der Waals surface area contributed by atoms with Gasteiger partial charge in [-0.1, -0.05) is 15.9 Å². The highest BCUT2D eigenvalue weighted by Crippen LogP contribution is 2.22. The van der Waals surface area contributed by atoms with E-state index in [1.54, 1.807) is 12.1 Å². The van der Waals surface area contributed by atoms with Crippen LogP contribution in [0.5, 0.6) is 5.75 Å². The van der Waals surface area contributed by atoms with Crippen LogP contribution in [0.1, 0.15) is 5.56 Å². The molecule has 3 N–H and O–H groups in total. The second-order valence-corrected chi connectivity index (χ2v) is 6.48. The molecular formula is C17H10BrFN4O3. The van der Waals surface area contributed by atoms with Crippen LogP contribution in [0.15, 0.2) is 55.6 Å². The molecule has 0 amide bonds. The van der Waals surface area contributed by atoms with Gasteiger partial charge in [0.25, 0.3) is 0 Å². The Kier molecular flexibility index (Phi) is 3.73. The summed E-state index contributed by atoms with van der Waals surface area (Å²) in [5.41, 5.74) is -0.318. The van der Waals surface area contributed by atoms with Crippen LogP contribution in [-0.4, -0.2) is 26.0 Å². The van der Waals surface area contributed by atoms with Crippen molar-refractivity contribution in [1.29, 1.82) is 0 Å². The van der Waals surface area contributed by atoms with Gasteiger partial charge < -0.3 is 15.1 Å². The summed E-state index contributed by atoms with van der Waals surface area (Å²) in [6.07, 6.45) is 1.20. The lowest BCUT2D eigenvalue weighted by Gasteiger charge is -2.00. The van der Waals surface area contributed by atoms with Gasteiger partial charge in [0, 0.05) is 20.9 Å². The van der Waals surface area contributed by atoms with Crippen molar-refractivity contribution >= 4 is 44.1 Å². The van der Waals surface area contributed by atoms with Gasteiger partial charge in [0.1, 0.15) is 17.1 Å². The zero-order chi connectivity index (χ0) is 18.4. The van der Waals surface area contributed by atoms with Crippen molar-refractivity contribution < 1.29 is 9.50 Å². The molecule has 0 saturated heterocycles. The number of fused-ring (bicyclic) bond motifs is 3. The monoisotopic (exact) mass is 416 g/mol. The average molecular weight is 417 g/mol. The van der Waals surface area contributed by atoms with Crippen LogP contribution < -0.4 is 11.2 Å². The number of nitrogens with one attached hydrogen (secondary N) is 2. The lowest BCUT2D eigenvalue weighted by Crippen LogP contribution is -2.32. The quantitative estimate of drug-likeness (QED) is 0.437. The number of halogens is 2. The predicted octanol–water partition coefficient (Wildman–Crippen LogP) is 2.66. The summed E-state index contributed by atoms with van der Waals surface area (Å²) < 4.78 is 14.8. The fourth-order valence-electron chi connectivity index (χ4n) is 2.67. The molecule has 0 aliphatic rings. The largest absolute Gasteiger partial charge is 0.507 e. The fourth-order valence-corrected chi connectivity index (χ4v) is 3.04. The molecule has 130 valence electrons. The first-order valence-electron chi connectivity index (χ1n) is 7.43. The van der Waals surface area contributed by atoms with E-state index in [0.717, 1.165) is 0 Å². The number of rotatable bonds is 2. The predicted molar refractivity (Wildman–Crippen MR) is 99.4 cm³/mol. The van der Waals surface area contributed by atoms with E-state index < -0.39 is 17.1 Å². The van der Waals surface area contributed by atoms with Crippen LogP contribution in [-0.2, 0) is 0 Å². The van der Waals surface area contributed by atoms with Crippen molar-refractivity contribution in [3.8, 4) is 5.75 Å². The third-order valence-electron chi connectivity index (χ3n) is 3.89. The van der Waals surface area contributed by atoms with Crippen molar-refractivity contribution in [2.45, 2.75) is 0 Å². The first-order valence-corrected chi connectivity index (χ1v) is 8.22. The SMILES string of the molecule is O=c1[nH]c2c([nH]c3ccc(F)cc32)c(=O)n1/N=C/c1cc(Br)ccc1O. The molecule has 0 radical (unpaired) electrons. The molecule has 0 spiro atoms. The van der Waals surface area contributed by atoms with Crippen LogP contribution in [0.25, 0.3) is 21.9 Å². The zero-order valence-corrected chi connectivity index (χ0v) is 14.5. The van der Waals surface area contributed by atoms with Gasteiger partial charge in [0.05, 0.1) is 11.7 Å². The molecule has 0 atom stereocenters. The van der Waals surface area contributed by atoms with Gasteiger partial charge in [-0.3, -0.25) is 4.79 Å². The van der Waals surface area contributed by atoms with Gasteiger partial charge in [-0.05, 0) is 36.4 Å². The summed E-state index contributed by atoms with van der Waals surface area (Å²) in [5, 5.41) is 14.1. The minimum Gasteiger partial charge on any atom is -0.507 e. The third kappa shape index (κ3) is 2.62. The van der Waals surface area contributed by atoms with E-state index in [2.05, 4.69) is 31.0 Å². The van der Waals surface area contributed by atoms with Gasteiger partial charge in [-0.25, -0.2) is 9.18 Å². The number of hydrogen-bond acceptors (Lipinski definition) is 4. The number of aromatic amines is 2. The molecule has 4 aromatic rings. The first-order chi connectivity index (χ1) is 12.4. The lowest BCUT2D eigenvalue weighted by atomic mass is 10.2. The maximum Gasteiger partial charge on any atom is 0.350 e. The van der Waals surface area contributed by atoms with Crippen molar-refractivity contribution in [2.75, 3.05) is 0 Å². The molecule has 0 aliphatic carbocycles. The molecule has 26 heavy (non-hydrogen) atoms. The molecule has 0 saturated carbocycles. The Labute approximate surface area is 152 Å². The highest BCUT2D eigenvalue weighted by atomic mass is 79.9. The van der Waals surface area contributed by atoms with E-state index in [-0.39, 0.29) is 16.8 Å². The summed E-state index contributed by atoms with van der Waals surface area (Å²) in [7, 11) is 0. The van der Waals surface area contributed by atoms with Crippen molar-refractivity contribution in [2.24, 2.45) is 5.10 Å². The Balaban J connectivity index is 1.92. The number of nitrogens with zero attached hydrogens (tertiary/aromatic N) is 2. The standard InChI is InChI=1S/C17H10BrFN4O3/c18-9-1-4-13(24)8(5-9)7-20-23-16(25)15-14(22-17(23)26)11-6-10(19)2-3-12(11)21-15/h1-7,21,24H,(H,22,26)/b20-7+.